The predicted molar refractivity (Wildman–Crippen MR) is 94.4 cm³/mol. The Morgan fingerprint density at radius 2 is 2.24 bits per heavy atom. The van der Waals surface area contributed by atoms with E-state index in [4.69, 9.17) is 4.74 Å². The van der Waals surface area contributed by atoms with Gasteiger partial charge in [-0.2, -0.15) is 0 Å². The second-order valence-corrected chi connectivity index (χ2v) is 7.67. The summed E-state index contributed by atoms with van der Waals surface area (Å²) in [5, 5.41) is 17.2. The molecule has 4 aliphatic rings. The summed E-state index contributed by atoms with van der Waals surface area (Å²) in [7, 11) is 1.44. The van der Waals surface area contributed by atoms with Gasteiger partial charge in [0, 0.05) is 30.1 Å². The fourth-order valence-electron chi connectivity index (χ4n) is 5.87. The summed E-state index contributed by atoms with van der Waals surface area (Å²) >= 11 is 0. The summed E-state index contributed by atoms with van der Waals surface area (Å²) in [4.78, 5) is 12.7. The molecule has 5 nitrogen and oxygen atoms in total. The van der Waals surface area contributed by atoms with Crippen molar-refractivity contribution in [2.45, 2.75) is 31.2 Å². The van der Waals surface area contributed by atoms with Crippen LogP contribution in [0.4, 0.5) is 5.69 Å². The highest BCUT2D eigenvalue weighted by molar-refractivity contribution is 5.94. The highest BCUT2D eigenvalue weighted by atomic mass is 16.6. The molecule has 1 spiro atoms. The molecule has 130 valence electrons. The number of quaternary nitrogens is 1. The van der Waals surface area contributed by atoms with Crippen LogP contribution in [0.15, 0.2) is 47.2 Å². The van der Waals surface area contributed by atoms with E-state index in [1.165, 1.54) is 12.7 Å². The summed E-state index contributed by atoms with van der Waals surface area (Å²) in [6, 6.07) is 8.16. The minimum atomic E-state index is -0.363. The highest BCUT2D eigenvalue weighted by Crippen LogP contribution is 2.63. The average molecular weight is 338 g/mol. The molecule has 4 atom stereocenters. The van der Waals surface area contributed by atoms with Crippen LogP contribution in [-0.2, 0) is 14.9 Å². The largest absolute Gasteiger partial charge is 0.632 e. The molecule has 2 saturated heterocycles. The van der Waals surface area contributed by atoms with Gasteiger partial charge in [-0.3, -0.25) is 0 Å². The molecule has 1 N–H and O–H groups in total. The van der Waals surface area contributed by atoms with Crippen molar-refractivity contribution in [3.8, 4) is 0 Å². The third-order valence-electron chi connectivity index (χ3n) is 6.89. The number of anilines is 1. The maximum Gasteiger partial charge on any atom is 0.336 e. The van der Waals surface area contributed by atoms with Crippen LogP contribution in [0.1, 0.15) is 25.3 Å². The van der Waals surface area contributed by atoms with E-state index in [1.54, 1.807) is 0 Å². The van der Waals surface area contributed by atoms with E-state index in [9.17, 15) is 10.0 Å². The topological polar surface area (TPSA) is 61.4 Å². The molecule has 1 aromatic rings. The molecule has 3 aliphatic heterocycles. The highest BCUT2D eigenvalue weighted by Gasteiger charge is 2.67. The Hall–Kier alpha value is -2.11. The zero-order valence-corrected chi connectivity index (χ0v) is 14.5. The van der Waals surface area contributed by atoms with Gasteiger partial charge in [0.25, 0.3) is 0 Å². The fourth-order valence-corrected chi connectivity index (χ4v) is 5.87. The first kappa shape index (κ1) is 15.2. The number of rotatable bonds is 1. The third-order valence-corrected chi connectivity index (χ3v) is 6.89. The van der Waals surface area contributed by atoms with E-state index < -0.39 is 0 Å². The second-order valence-electron chi connectivity index (χ2n) is 7.67. The molecule has 0 unspecified atom stereocenters. The van der Waals surface area contributed by atoms with E-state index in [0.29, 0.717) is 13.1 Å². The number of methoxy groups -OCH3 is 1. The summed E-state index contributed by atoms with van der Waals surface area (Å²) < 4.78 is 5.00. The first-order valence-corrected chi connectivity index (χ1v) is 8.97. The number of fused-ring (bicyclic) bond motifs is 2. The lowest BCUT2D eigenvalue weighted by Crippen LogP contribution is -2.60. The minimum absolute atomic E-state index is 0.00862. The van der Waals surface area contributed by atoms with E-state index in [-0.39, 0.29) is 28.0 Å². The number of carbonyl (C=O) groups is 1. The lowest BCUT2D eigenvalue weighted by Gasteiger charge is -2.55. The van der Waals surface area contributed by atoms with Crippen LogP contribution in [-0.4, -0.2) is 36.9 Å². The maximum atomic E-state index is 13.7. The normalized spacial score (nSPS) is 39.1. The van der Waals surface area contributed by atoms with Gasteiger partial charge in [0.2, 0.25) is 0 Å². The van der Waals surface area contributed by atoms with Crippen molar-refractivity contribution in [3.05, 3.63) is 58.0 Å². The van der Waals surface area contributed by atoms with E-state index >= 15 is 0 Å². The molecule has 25 heavy (non-hydrogen) atoms. The van der Waals surface area contributed by atoms with E-state index in [2.05, 4.69) is 11.4 Å². The molecule has 1 aromatic carbocycles. The number of ether oxygens (including phenoxy) is 1. The number of para-hydroxylation sites is 1. The molecule has 2 bridgehead atoms. The fraction of sp³-hybridized carbons (Fsp3) is 0.450. The van der Waals surface area contributed by atoms with Gasteiger partial charge in [0.05, 0.1) is 24.6 Å². The quantitative estimate of drug-likeness (QED) is 0.370. The number of allylic oxidation sites excluding steroid dienone is 1. The van der Waals surface area contributed by atoms with Gasteiger partial charge < -0.3 is 19.9 Å². The summed E-state index contributed by atoms with van der Waals surface area (Å²) in [5.74, 6) is -0.277. The Morgan fingerprint density at radius 1 is 1.44 bits per heavy atom. The molecule has 2 fully saturated rings. The first-order valence-electron chi connectivity index (χ1n) is 8.97. The smallest absolute Gasteiger partial charge is 0.336 e. The van der Waals surface area contributed by atoms with Crippen molar-refractivity contribution in [1.82, 2.24) is 0 Å². The molecule has 5 heteroatoms. The maximum absolute atomic E-state index is 13.7. The molecule has 3 heterocycles. The Morgan fingerprint density at radius 3 is 3.00 bits per heavy atom. The number of carbonyl (C=O) groups excluding carboxylic acids is 1. The van der Waals surface area contributed by atoms with Crippen LogP contribution in [0.2, 0.25) is 0 Å². The number of piperidine rings is 1. The van der Waals surface area contributed by atoms with Gasteiger partial charge in [0.15, 0.2) is 0 Å². The number of nitrogens with one attached hydrogen (secondary N) is 1. The average Bonchev–Trinajstić information content (AvgIpc) is 3.14. The molecular formula is C20H22N2O3. The number of benzene rings is 1. The van der Waals surface area contributed by atoms with Crippen LogP contribution in [0.3, 0.4) is 0 Å². The molecular weight excluding hydrogens is 316 g/mol. The standard InChI is InChI=1S/C20H22N2O3/c1-3-12-11-22(24)9-8-20-14-6-4-5-7-15(14)21-18(20)17(19(23)25-2)13(12)10-16(20)22/h3-7,13,16,21H,8-11H2,1-2H3/b12-3-/t13-,16-,20+,22+/m0/s1. The number of hydroxylamine groups is 3. The van der Waals surface area contributed by atoms with Crippen LogP contribution in [0.25, 0.3) is 0 Å². The molecule has 0 aromatic heterocycles. The van der Waals surface area contributed by atoms with Gasteiger partial charge in [-0.1, -0.05) is 24.3 Å². The Labute approximate surface area is 147 Å². The molecule has 0 radical (unpaired) electrons. The summed E-state index contributed by atoms with van der Waals surface area (Å²) in [6.07, 6.45) is 3.54. The van der Waals surface area contributed by atoms with E-state index in [1.807, 2.05) is 31.2 Å². The summed E-state index contributed by atoms with van der Waals surface area (Å²) in [6.45, 7) is 3.06. The Balaban J connectivity index is 1.84. The van der Waals surface area contributed by atoms with E-state index in [0.717, 1.165) is 35.4 Å². The lowest BCUT2D eigenvalue weighted by atomic mass is 9.61. The minimum Gasteiger partial charge on any atom is -0.632 e. The van der Waals surface area contributed by atoms with Gasteiger partial charge in [0.1, 0.15) is 12.6 Å². The van der Waals surface area contributed by atoms with Crippen LogP contribution >= 0.6 is 0 Å². The number of nitrogens with zero attached hydrogens (tertiary/aromatic N) is 1. The molecule has 5 rings (SSSR count). The monoisotopic (exact) mass is 338 g/mol. The zero-order valence-electron chi connectivity index (χ0n) is 14.5. The Bertz CT molecular complexity index is 858. The van der Waals surface area contributed by atoms with Gasteiger partial charge in [-0.25, -0.2) is 4.79 Å². The first-order chi connectivity index (χ1) is 12.0. The van der Waals surface area contributed by atoms with Crippen LogP contribution < -0.4 is 5.32 Å². The van der Waals surface area contributed by atoms with Crippen LogP contribution in [0, 0.1) is 11.1 Å². The van der Waals surface area contributed by atoms with Crippen molar-refractivity contribution < 1.29 is 14.2 Å². The van der Waals surface area contributed by atoms with Crippen molar-refractivity contribution in [2.24, 2.45) is 5.92 Å². The number of hydrogen-bond donors (Lipinski definition) is 1. The van der Waals surface area contributed by atoms with Gasteiger partial charge >= 0.3 is 5.97 Å². The SMILES string of the molecule is C/C=C1/C[N@+]2([O-])CC[C@]34C(=C(C(=O)OC)[C@H]1C[C@@H]32)Nc1ccccc14. The van der Waals surface area contributed by atoms with Gasteiger partial charge in [-0.05, 0) is 24.1 Å². The molecule has 0 amide bonds. The summed E-state index contributed by atoms with van der Waals surface area (Å²) in [5.41, 5.74) is 4.58. The van der Waals surface area contributed by atoms with Crippen molar-refractivity contribution in [2.75, 3.05) is 25.5 Å². The second kappa shape index (κ2) is 4.74. The number of esters is 1. The predicted octanol–water partition coefficient (Wildman–Crippen LogP) is 2.84. The van der Waals surface area contributed by atoms with Crippen molar-refractivity contribution in [1.29, 1.82) is 0 Å². The third kappa shape index (κ3) is 1.63. The zero-order chi connectivity index (χ0) is 17.4. The van der Waals surface area contributed by atoms with Crippen LogP contribution in [0.5, 0.6) is 0 Å². The molecule has 1 aliphatic carbocycles. The van der Waals surface area contributed by atoms with Crippen molar-refractivity contribution >= 4 is 11.7 Å². The lowest BCUT2D eigenvalue weighted by molar-refractivity contribution is -0.895. The van der Waals surface area contributed by atoms with Crippen molar-refractivity contribution in [3.63, 3.8) is 0 Å². The number of hydrogen-bond acceptors (Lipinski definition) is 4. The van der Waals surface area contributed by atoms with Gasteiger partial charge in [-0.15, -0.1) is 0 Å². The molecule has 0 saturated carbocycles. The Kier molecular flexibility index (Phi) is 2.88.